The van der Waals surface area contributed by atoms with Gasteiger partial charge in [-0.15, -0.1) is 0 Å². The molecule has 60 valence electrons. The van der Waals surface area contributed by atoms with Gasteiger partial charge in [0, 0.05) is 5.56 Å². The number of ether oxygens (including phenoxy) is 1. The van der Waals surface area contributed by atoms with Gasteiger partial charge in [-0.05, 0) is 24.3 Å². The van der Waals surface area contributed by atoms with Crippen LogP contribution in [0.4, 0.5) is 0 Å². The molecule has 0 fully saturated rings. The fraction of sp³-hybridized carbons (Fsp3) is 0.222. The lowest BCUT2D eigenvalue weighted by atomic mass is 10.1. The van der Waals surface area contributed by atoms with Gasteiger partial charge in [0.25, 0.3) is 0 Å². The van der Waals surface area contributed by atoms with E-state index in [0.717, 1.165) is 12.0 Å². The third-order valence-corrected chi connectivity index (χ3v) is 1.40. The van der Waals surface area contributed by atoms with Crippen molar-refractivity contribution < 1.29 is 9.53 Å². The van der Waals surface area contributed by atoms with Crippen LogP contribution in [0.15, 0.2) is 24.3 Å². The first-order valence-electron chi connectivity index (χ1n) is 3.75. The van der Waals surface area contributed by atoms with Crippen LogP contribution in [0.5, 0.6) is 5.75 Å². The van der Waals surface area contributed by atoms with Gasteiger partial charge in [0.15, 0.2) is 0 Å². The summed E-state index contributed by atoms with van der Waals surface area (Å²) in [6.45, 7) is 0.500. The van der Waals surface area contributed by atoms with Gasteiger partial charge in [0.2, 0.25) is 0 Å². The van der Waals surface area contributed by atoms with Crippen molar-refractivity contribution in [1.82, 2.24) is 0 Å². The largest absolute Gasteiger partial charge is 0.494 e. The van der Waals surface area contributed by atoms with Crippen molar-refractivity contribution in [3.63, 3.8) is 0 Å². The van der Waals surface area contributed by atoms with Crippen LogP contribution in [0.3, 0.4) is 0 Å². The molecule has 3 heteroatoms. The molecule has 0 saturated carbocycles. The first-order valence-corrected chi connectivity index (χ1v) is 3.75. The molecule has 0 aromatic heterocycles. The Hall–Kier alpha value is -1.25. The minimum absolute atomic E-state index is 0.495. The molecule has 0 amide bonds. The van der Waals surface area contributed by atoms with E-state index < -0.39 is 0 Å². The van der Waals surface area contributed by atoms with Crippen molar-refractivity contribution in [3.05, 3.63) is 29.8 Å². The van der Waals surface area contributed by atoms with Crippen LogP contribution >= 0.6 is 0 Å². The number of benzene rings is 1. The Morgan fingerprint density at radius 1 is 1.33 bits per heavy atom. The molecule has 0 saturated heterocycles. The second-order valence-electron chi connectivity index (χ2n) is 2.32. The first-order chi connectivity index (χ1) is 5.86. The summed E-state index contributed by atoms with van der Waals surface area (Å²) in [5, 5.41) is 0. The highest BCUT2D eigenvalue weighted by Crippen LogP contribution is 2.10. The number of hydrogen-bond acceptors (Lipinski definition) is 2. The number of carbonyl (C=O) groups excluding carboxylic acids is 1. The van der Waals surface area contributed by atoms with Gasteiger partial charge in [-0.1, -0.05) is 6.32 Å². The summed E-state index contributed by atoms with van der Waals surface area (Å²) >= 11 is 0. The Labute approximate surface area is 73.0 Å². The lowest BCUT2D eigenvalue weighted by molar-refractivity contribution is 0.112. The highest BCUT2D eigenvalue weighted by atomic mass is 16.5. The zero-order chi connectivity index (χ0) is 8.81. The van der Waals surface area contributed by atoms with E-state index in [1.54, 1.807) is 24.3 Å². The number of carbonyl (C=O) groups is 1. The molecule has 12 heavy (non-hydrogen) atoms. The van der Waals surface area contributed by atoms with E-state index in [-0.39, 0.29) is 0 Å². The fourth-order valence-electron chi connectivity index (χ4n) is 0.819. The van der Waals surface area contributed by atoms with E-state index in [4.69, 9.17) is 12.6 Å². The van der Waals surface area contributed by atoms with Crippen molar-refractivity contribution in [2.75, 3.05) is 6.61 Å². The molecule has 2 radical (unpaired) electrons. The Balaban J connectivity index is 2.58. The van der Waals surface area contributed by atoms with Gasteiger partial charge in [-0.25, -0.2) is 0 Å². The number of aldehydes is 1. The minimum atomic E-state index is 0.495. The van der Waals surface area contributed by atoms with Crippen LogP contribution in [-0.2, 0) is 0 Å². The van der Waals surface area contributed by atoms with E-state index in [0.29, 0.717) is 18.5 Å². The Morgan fingerprint density at radius 2 is 2.00 bits per heavy atom. The molecule has 0 aliphatic heterocycles. The molecule has 0 aliphatic carbocycles. The lowest BCUT2D eigenvalue weighted by Gasteiger charge is -2.03. The van der Waals surface area contributed by atoms with E-state index in [2.05, 4.69) is 0 Å². The first kappa shape index (κ1) is 8.85. The van der Waals surface area contributed by atoms with Gasteiger partial charge >= 0.3 is 0 Å². The maximum Gasteiger partial charge on any atom is 0.150 e. The van der Waals surface area contributed by atoms with Crippen molar-refractivity contribution in [2.45, 2.75) is 6.32 Å². The smallest absolute Gasteiger partial charge is 0.150 e. The molecule has 2 nitrogen and oxygen atoms in total. The summed E-state index contributed by atoms with van der Waals surface area (Å²) in [7, 11) is 5.25. The second-order valence-corrected chi connectivity index (χ2v) is 2.32. The predicted molar refractivity (Wildman–Crippen MR) is 47.9 cm³/mol. The quantitative estimate of drug-likeness (QED) is 0.492. The molecule has 0 heterocycles. The zero-order valence-corrected chi connectivity index (χ0v) is 6.69. The van der Waals surface area contributed by atoms with E-state index in [1.807, 2.05) is 0 Å². The van der Waals surface area contributed by atoms with Gasteiger partial charge in [-0.3, -0.25) is 4.79 Å². The van der Waals surface area contributed by atoms with Crippen molar-refractivity contribution in [2.24, 2.45) is 0 Å². The van der Waals surface area contributed by atoms with E-state index >= 15 is 0 Å². The highest BCUT2D eigenvalue weighted by Gasteiger charge is 1.92. The van der Waals surface area contributed by atoms with E-state index in [9.17, 15) is 4.79 Å². The summed E-state index contributed by atoms with van der Waals surface area (Å²) < 4.78 is 5.21. The second kappa shape index (κ2) is 4.60. The molecule has 0 N–H and O–H groups in total. The van der Waals surface area contributed by atoms with Crippen LogP contribution in [-0.4, -0.2) is 20.7 Å². The van der Waals surface area contributed by atoms with Crippen LogP contribution in [0.2, 0.25) is 6.32 Å². The number of rotatable bonds is 4. The van der Waals surface area contributed by atoms with Crippen LogP contribution in [0.1, 0.15) is 10.4 Å². The SMILES string of the molecule is [B]CCOc1ccc(C=O)cc1. The maximum atomic E-state index is 10.3. The van der Waals surface area contributed by atoms with Crippen LogP contribution in [0.25, 0.3) is 0 Å². The van der Waals surface area contributed by atoms with Crippen molar-refractivity contribution in [3.8, 4) is 5.75 Å². The minimum Gasteiger partial charge on any atom is -0.494 e. The maximum absolute atomic E-state index is 10.3. The standard InChI is InChI=1S/C9H9BO2/c10-5-6-12-9-3-1-8(7-11)2-4-9/h1-4,7H,5-6H2. The van der Waals surface area contributed by atoms with Crippen LogP contribution < -0.4 is 4.74 Å². The van der Waals surface area contributed by atoms with Crippen LogP contribution in [0, 0.1) is 0 Å². The van der Waals surface area contributed by atoms with Gasteiger partial charge in [-0.2, -0.15) is 0 Å². The topological polar surface area (TPSA) is 26.3 Å². The Kier molecular flexibility index (Phi) is 3.39. The van der Waals surface area contributed by atoms with Gasteiger partial charge in [0.05, 0.1) is 14.5 Å². The summed E-state index contributed by atoms with van der Waals surface area (Å²) in [4.78, 5) is 10.3. The third-order valence-electron chi connectivity index (χ3n) is 1.40. The summed E-state index contributed by atoms with van der Waals surface area (Å²) in [6.07, 6.45) is 1.29. The van der Waals surface area contributed by atoms with Gasteiger partial charge < -0.3 is 4.74 Å². The van der Waals surface area contributed by atoms with Crippen molar-refractivity contribution >= 4 is 14.1 Å². The molecular weight excluding hydrogens is 151 g/mol. The third kappa shape index (κ3) is 2.42. The predicted octanol–water partition coefficient (Wildman–Crippen LogP) is 1.46. The fourth-order valence-corrected chi connectivity index (χ4v) is 0.819. The Morgan fingerprint density at radius 3 is 2.50 bits per heavy atom. The molecule has 0 bridgehead atoms. The average Bonchev–Trinajstić information content (AvgIpc) is 2.15. The molecule has 0 atom stereocenters. The average molecular weight is 160 g/mol. The Bertz CT molecular complexity index is 243. The molecular formula is C9H9BO2. The summed E-state index contributed by atoms with van der Waals surface area (Å²) in [5.41, 5.74) is 0.648. The molecule has 1 rings (SSSR count). The molecule has 1 aromatic carbocycles. The van der Waals surface area contributed by atoms with Gasteiger partial charge in [0.1, 0.15) is 12.0 Å². The molecule has 0 aliphatic rings. The van der Waals surface area contributed by atoms with Crippen molar-refractivity contribution in [1.29, 1.82) is 0 Å². The molecule has 0 spiro atoms. The molecule has 0 unspecified atom stereocenters. The lowest BCUT2D eigenvalue weighted by Crippen LogP contribution is -1.95. The number of hydrogen-bond donors (Lipinski definition) is 0. The monoisotopic (exact) mass is 160 g/mol. The molecule has 1 aromatic rings. The zero-order valence-electron chi connectivity index (χ0n) is 6.69. The summed E-state index contributed by atoms with van der Waals surface area (Å²) in [5.74, 6) is 0.742. The normalized spacial score (nSPS) is 9.33. The van der Waals surface area contributed by atoms with E-state index in [1.165, 1.54) is 0 Å². The highest BCUT2D eigenvalue weighted by molar-refractivity contribution is 6.08. The summed E-state index contributed by atoms with van der Waals surface area (Å²) in [6, 6.07) is 6.91.